The molecule has 9 nitrogen and oxygen atoms in total. The van der Waals surface area contributed by atoms with Crippen molar-refractivity contribution in [2.45, 2.75) is 6.92 Å². The van der Waals surface area contributed by atoms with Crippen LogP contribution in [0.3, 0.4) is 0 Å². The number of pyridine rings is 1. The Morgan fingerprint density at radius 1 is 1.03 bits per heavy atom. The zero-order valence-corrected chi connectivity index (χ0v) is 19.1. The predicted octanol–water partition coefficient (Wildman–Crippen LogP) is 2.36. The van der Waals surface area contributed by atoms with Gasteiger partial charge in [0.05, 0.1) is 23.1 Å². The highest BCUT2D eigenvalue weighted by molar-refractivity contribution is 7.80. The van der Waals surface area contributed by atoms with Crippen molar-refractivity contribution in [3.63, 3.8) is 0 Å². The number of benzene rings is 2. The van der Waals surface area contributed by atoms with E-state index in [0.717, 1.165) is 5.69 Å². The number of aromatic hydroxyl groups is 1. The number of anilines is 1. The fourth-order valence-electron chi connectivity index (χ4n) is 3.63. The third-order valence-electron chi connectivity index (χ3n) is 5.46. The molecule has 168 valence electrons. The molecule has 0 spiro atoms. The second kappa shape index (κ2) is 8.75. The first-order valence-electron chi connectivity index (χ1n) is 10.1. The lowest BCUT2D eigenvalue weighted by Gasteiger charge is -2.09. The number of fused-ring (bicyclic) bond motifs is 1. The maximum absolute atomic E-state index is 13.0. The van der Waals surface area contributed by atoms with Gasteiger partial charge in [-0.2, -0.15) is 5.10 Å². The number of nitrogens with one attached hydrogen (secondary N) is 2. The summed E-state index contributed by atoms with van der Waals surface area (Å²) in [7, 11) is 3.40. The van der Waals surface area contributed by atoms with Gasteiger partial charge in [-0.15, -0.1) is 0 Å². The van der Waals surface area contributed by atoms with Crippen LogP contribution in [0.5, 0.6) is 5.75 Å². The number of aromatic nitrogens is 3. The average molecular weight is 463 g/mol. The number of hydrogen-bond acceptors (Lipinski definition) is 5. The molecule has 4 aromatic rings. The van der Waals surface area contributed by atoms with Crippen molar-refractivity contribution < 1.29 is 5.11 Å². The highest BCUT2D eigenvalue weighted by Crippen LogP contribution is 2.24. The molecule has 0 aliphatic carbocycles. The van der Waals surface area contributed by atoms with Crippen molar-refractivity contribution in [2.24, 2.45) is 19.2 Å². The first-order chi connectivity index (χ1) is 15.8. The van der Waals surface area contributed by atoms with Crippen LogP contribution < -0.4 is 21.9 Å². The second-order valence-corrected chi connectivity index (χ2v) is 7.81. The van der Waals surface area contributed by atoms with Crippen LogP contribution in [0.1, 0.15) is 11.3 Å². The van der Waals surface area contributed by atoms with Gasteiger partial charge in [0.1, 0.15) is 17.0 Å². The molecule has 2 aromatic carbocycles. The Hall–Kier alpha value is -4.18. The summed E-state index contributed by atoms with van der Waals surface area (Å²) in [6.07, 6.45) is 1.21. The number of thiocarbonyl (C=S) groups is 1. The van der Waals surface area contributed by atoms with E-state index in [1.54, 1.807) is 50.0 Å². The first-order valence-corrected chi connectivity index (χ1v) is 10.5. The van der Waals surface area contributed by atoms with Crippen LogP contribution in [0.4, 0.5) is 5.69 Å². The monoisotopic (exact) mass is 462 g/mol. The van der Waals surface area contributed by atoms with Crippen LogP contribution >= 0.6 is 12.2 Å². The van der Waals surface area contributed by atoms with Gasteiger partial charge in [0.15, 0.2) is 5.11 Å². The molecule has 0 radical (unpaired) electrons. The van der Waals surface area contributed by atoms with Crippen LogP contribution in [-0.4, -0.2) is 30.4 Å². The van der Waals surface area contributed by atoms with Gasteiger partial charge in [-0.25, -0.2) is 4.68 Å². The molecule has 0 unspecified atom stereocenters. The fourth-order valence-corrected chi connectivity index (χ4v) is 3.78. The predicted molar refractivity (Wildman–Crippen MR) is 134 cm³/mol. The van der Waals surface area contributed by atoms with Gasteiger partial charge < -0.3 is 15.0 Å². The van der Waals surface area contributed by atoms with Crippen LogP contribution in [0, 0.1) is 6.92 Å². The Kier molecular flexibility index (Phi) is 5.84. The van der Waals surface area contributed by atoms with Gasteiger partial charge in [0.2, 0.25) is 0 Å². The third-order valence-corrected chi connectivity index (χ3v) is 5.66. The van der Waals surface area contributed by atoms with Crippen LogP contribution in [0.15, 0.2) is 69.3 Å². The van der Waals surface area contributed by atoms with E-state index >= 15 is 0 Å². The van der Waals surface area contributed by atoms with Crippen molar-refractivity contribution in [1.82, 2.24) is 19.4 Å². The first kappa shape index (κ1) is 22.0. The largest absolute Gasteiger partial charge is 0.506 e. The summed E-state index contributed by atoms with van der Waals surface area (Å²) >= 11 is 5.27. The van der Waals surface area contributed by atoms with Gasteiger partial charge in [0, 0.05) is 19.5 Å². The molecule has 0 bridgehead atoms. The molecule has 4 rings (SSSR count). The van der Waals surface area contributed by atoms with E-state index in [1.165, 1.54) is 15.5 Å². The molecule has 0 aliphatic rings. The Bertz CT molecular complexity index is 1520. The average Bonchev–Trinajstić information content (AvgIpc) is 3.03. The van der Waals surface area contributed by atoms with Gasteiger partial charge >= 0.3 is 0 Å². The molecule has 2 aromatic heterocycles. The van der Waals surface area contributed by atoms with E-state index in [2.05, 4.69) is 15.8 Å². The summed E-state index contributed by atoms with van der Waals surface area (Å²) in [4.78, 5) is 25.6. The number of hydrazone groups is 1. The minimum Gasteiger partial charge on any atom is -0.506 e. The molecule has 0 aliphatic heterocycles. The molecule has 0 fully saturated rings. The van der Waals surface area contributed by atoms with Crippen molar-refractivity contribution in [1.29, 1.82) is 0 Å². The van der Waals surface area contributed by atoms with Gasteiger partial charge in [-0.3, -0.25) is 19.7 Å². The summed E-state index contributed by atoms with van der Waals surface area (Å²) in [5.74, 6) is -0.164. The fraction of sp³-hybridized carbons (Fsp3) is 0.130. The number of hydrogen-bond donors (Lipinski definition) is 3. The Morgan fingerprint density at radius 3 is 2.42 bits per heavy atom. The lowest BCUT2D eigenvalue weighted by Crippen LogP contribution is -2.28. The molecule has 3 N–H and O–H groups in total. The Labute approximate surface area is 194 Å². The minimum absolute atomic E-state index is 0.0221. The molecule has 0 amide bonds. The highest BCUT2D eigenvalue weighted by atomic mass is 32.1. The van der Waals surface area contributed by atoms with E-state index in [1.807, 2.05) is 30.3 Å². The topological polar surface area (TPSA) is 106 Å². The molecule has 2 heterocycles. The van der Waals surface area contributed by atoms with Crippen molar-refractivity contribution in [3.8, 4) is 11.4 Å². The van der Waals surface area contributed by atoms with Crippen molar-refractivity contribution in [3.05, 3.63) is 86.6 Å². The van der Waals surface area contributed by atoms with Gasteiger partial charge in [0.25, 0.3) is 11.1 Å². The molecular formula is C23H22N6O3S. The summed E-state index contributed by atoms with van der Waals surface area (Å²) in [5.41, 5.74) is 4.26. The van der Waals surface area contributed by atoms with Crippen LogP contribution in [-0.2, 0) is 14.1 Å². The lowest BCUT2D eigenvalue weighted by atomic mass is 10.1. The van der Waals surface area contributed by atoms with Crippen LogP contribution in [0.2, 0.25) is 0 Å². The number of para-hydroxylation sites is 2. The summed E-state index contributed by atoms with van der Waals surface area (Å²) in [6.45, 7) is 1.80. The molecule has 33 heavy (non-hydrogen) atoms. The summed E-state index contributed by atoms with van der Waals surface area (Å²) < 4.78 is 4.69. The maximum atomic E-state index is 13.0. The van der Waals surface area contributed by atoms with Crippen molar-refractivity contribution in [2.75, 3.05) is 5.32 Å². The van der Waals surface area contributed by atoms with Gasteiger partial charge in [-0.1, -0.05) is 30.3 Å². The third kappa shape index (κ3) is 3.92. The number of aryl methyl sites for hydroxylation is 1. The van der Waals surface area contributed by atoms with E-state index in [0.29, 0.717) is 22.3 Å². The molecule has 0 atom stereocenters. The Morgan fingerprint density at radius 2 is 1.70 bits per heavy atom. The minimum atomic E-state index is -0.403. The zero-order chi connectivity index (χ0) is 23.7. The zero-order valence-electron chi connectivity index (χ0n) is 18.2. The quantitative estimate of drug-likeness (QED) is 0.244. The maximum Gasteiger partial charge on any atom is 0.295 e. The molecule has 0 saturated heterocycles. The van der Waals surface area contributed by atoms with E-state index in [4.69, 9.17) is 12.2 Å². The SMILES string of the molecule is Cc1c(NC(=S)NN=Cc2c(O)c3ccccc3n(C)c2=O)c(=O)n(-c2ccccc2)n1C. The lowest BCUT2D eigenvalue weighted by molar-refractivity contribution is 0.478. The van der Waals surface area contributed by atoms with E-state index < -0.39 is 5.56 Å². The molecule has 0 saturated carbocycles. The summed E-state index contributed by atoms with van der Waals surface area (Å²) in [5, 5.41) is 18.0. The van der Waals surface area contributed by atoms with Gasteiger partial charge in [-0.05, 0) is 43.4 Å². The highest BCUT2D eigenvalue weighted by Gasteiger charge is 2.17. The van der Waals surface area contributed by atoms with E-state index in [-0.39, 0.29) is 22.0 Å². The Balaban J connectivity index is 1.57. The van der Waals surface area contributed by atoms with Crippen LogP contribution in [0.25, 0.3) is 16.6 Å². The molecule has 10 heteroatoms. The second-order valence-electron chi connectivity index (χ2n) is 7.40. The smallest absolute Gasteiger partial charge is 0.295 e. The standard InChI is InChI=1S/C23H22N6O3S/c1-14-19(22(32)29(28(14)3)15-9-5-4-6-10-15)25-23(33)26-24-13-17-20(30)16-11-7-8-12-18(16)27(2)21(17)31/h4-13,30H,1-3H3,(H2,25,26,33). The number of rotatable bonds is 4. The summed E-state index contributed by atoms with van der Waals surface area (Å²) in [6, 6.07) is 16.3. The normalized spacial score (nSPS) is 11.2. The van der Waals surface area contributed by atoms with Crippen molar-refractivity contribution >= 4 is 40.1 Å². The number of nitrogens with zero attached hydrogens (tertiary/aromatic N) is 4. The molecular weight excluding hydrogens is 440 g/mol. The van der Waals surface area contributed by atoms with E-state index in [9.17, 15) is 14.7 Å².